The van der Waals surface area contributed by atoms with Gasteiger partial charge in [-0.25, -0.2) is 0 Å². The molecule has 0 radical (unpaired) electrons. The van der Waals surface area contributed by atoms with E-state index in [9.17, 15) is 4.79 Å². The predicted molar refractivity (Wildman–Crippen MR) is 122 cm³/mol. The van der Waals surface area contributed by atoms with Crippen molar-refractivity contribution in [1.82, 2.24) is 14.6 Å². The van der Waals surface area contributed by atoms with Crippen LogP contribution in [0, 0.1) is 0 Å². The molecule has 0 aliphatic heterocycles. The Kier molecular flexibility index (Phi) is 6.64. The van der Waals surface area contributed by atoms with E-state index >= 15 is 0 Å². The summed E-state index contributed by atoms with van der Waals surface area (Å²) in [6.45, 7) is 2.30. The van der Waals surface area contributed by atoms with Gasteiger partial charge in [-0.05, 0) is 54.8 Å². The van der Waals surface area contributed by atoms with Crippen molar-refractivity contribution in [2.45, 2.75) is 37.5 Å². The number of pyridine rings is 1. The summed E-state index contributed by atoms with van der Waals surface area (Å²) in [7, 11) is 0. The molecule has 0 fully saturated rings. The Balaban J connectivity index is 1.48. The third kappa shape index (κ3) is 4.65. The van der Waals surface area contributed by atoms with Crippen LogP contribution >= 0.6 is 11.8 Å². The molecule has 0 unspecified atom stereocenters. The number of hydrogen-bond acceptors (Lipinski definition) is 5. The molecule has 30 heavy (non-hydrogen) atoms. The molecule has 2 heterocycles. The van der Waals surface area contributed by atoms with Crippen LogP contribution in [0.1, 0.15) is 32.6 Å². The normalized spacial score (nSPS) is 11.2. The molecule has 0 amide bonds. The molecule has 0 aliphatic rings. The van der Waals surface area contributed by atoms with E-state index in [0.717, 1.165) is 36.2 Å². The number of thioether (sulfide) groups is 1. The van der Waals surface area contributed by atoms with Crippen molar-refractivity contribution in [3.63, 3.8) is 0 Å². The van der Waals surface area contributed by atoms with Gasteiger partial charge in [0.25, 0.3) is 0 Å². The van der Waals surface area contributed by atoms with Gasteiger partial charge in [0.1, 0.15) is 6.33 Å². The molecule has 0 bridgehead atoms. The fourth-order valence-corrected chi connectivity index (χ4v) is 4.53. The van der Waals surface area contributed by atoms with Crippen molar-refractivity contribution in [1.29, 1.82) is 0 Å². The molecule has 0 saturated heterocycles. The van der Waals surface area contributed by atoms with Crippen molar-refractivity contribution in [2.75, 3.05) is 12.4 Å². The smallest absolute Gasteiger partial charge is 0.305 e. The first kappa shape index (κ1) is 20.4. The summed E-state index contributed by atoms with van der Waals surface area (Å²) in [6.07, 6.45) is 5.29. The van der Waals surface area contributed by atoms with E-state index in [1.54, 1.807) is 6.33 Å². The maximum atomic E-state index is 11.4. The number of unbranched alkanes of at least 4 members (excludes halogenated alkanes) is 2. The highest BCUT2D eigenvalue weighted by molar-refractivity contribution is 7.99. The molecule has 4 rings (SSSR count). The number of ether oxygens (including phenoxy) is 1. The molecule has 0 saturated carbocycles. The number of hydrogen-bond donors (Lipinski definition) is 0. The standard InChI is InChI=1S/C24H25N3O2S/c1-2-29-24(28)11-7-4-8-14-30-19-12-13-20-21(18-9-5-3-6-10-18)16-23-26-25-17-27(23)22(20)15-19/h3,5-6,9-10,12-13,15-17H,2,4,7-8,11,14H2,1H3. The highest BCUT2D eigenvalue weighted by Crippen LogP contribution is 2.32. The lowest BCUT2D eigenvalue weighted by Gasteiger charge is -2.11. The van der Waals surface area contributed by atoms with Crippen LogP contribution in [0.4, 0.5) is 0 Å². The summed E-state index contributed by atoms with van der Waals surface area (Å²) in [4.78, 5) is 12.6. The quantitative estimate of drug-likeness (QED) is 0.196. The molecule has 6 heteroatoms. The van der Waals surface area contributed by atoms with E-state index in [1.165, 1.54) is 21.4 Å². The summed E-state index contributed by atoms with van der Waals surface area (Å²) < 4.78 is 7.02. The third-order valence-electron chi connectivity index (χ3n) is 5.05. The van der Waals surface area contributed by atoms with Gasteiger partial charge in [0, 0.05) is 16.7 Å². The van der Waals surface area contributed by atoms with Gasteiger partial charge in [-0.15, -0.1) is 22.0 Å². The molecule has 0 aliphatic carbocycles. The van der Waals surface area contributed by atoms with Crippen LogP contribution in [0.2, 0.25) is 0 Å². The van der Waals surface area contributed by atoms with Gasteiger partial charge in [-0.2, -0.15) is 0 Å². The van der Waals surface area contributed by atoms with Crippen molar-refractivity contribution < 1.29 is 9.53 Å². The van der Waals surface area contributed by atoms with Crippen LogP contribution in [0.3, 0.4) is 0 Å². The molecule has 2 aromatic carbocycles. The molecular weight excluding hydrogens is 394 g/mol. The summed E-state index contributed by atoms with van der Waals surface area (Å²) in [5.74, 6) is 0.935. The lowest BCUT2D eigenvalue weighted by atomic mass is 10.0. The van der Waals surface area contributed by atoms with Crippen molar-refractivity contribution in [2.24, 2.45) is 0 Å². The zero-order chi connectivity index (χ0) is 20.8. The second-order valence-corrected chi connectivity index (χ2v) is 8.29. The maximum absolute atomic E-state index is 11.4. The Morgan fingerprint density at radius 2 is 1.93 bits per heavy atom. The molecule has 0 spiro atoms. The highest BCUT2D eigenvalue weighted by Gasteiger charge is 2.10. The van der Waals surface area contributed by atoms with E-state index in [4.69, 9.17) is 4.74 Å². The lowest BCUT2D eigenvalue weighted by molar-refractivity contribution is -0.143. The molecule has 0 N–H and O–H groups in total. The minimum absolute atomic E-state index is 0.0909. The Labute approximate surface area is 180 Å². The maximum Gasteiger partial charge on any atom is 0.305 e. The van der Waals surface area contributed by atoms with E-state index in [1.807, 2.05) is 29.2 Å². The molecule has 154 valence electrons. The minimum atomic E-state index is -0.0909. The van der Waals surface area contributed by atoms with Crippen LogP contribution < -0.4 is 0 Å². The van der Waals surface area contributed by atoms with Crippen molar-refractivity contribution in [3.05, 3.63) is 60.9 Å². The number of esters is 1. The number of carbonyl (C=O) groups excluding carboxylic acids is 1. The summed E-state index contributed by atoms with van der Waals surface area (Å²) in [5, 5.41) is 9.57. The first-order valence-corrected chi connectivity index (χ1v) is 11.3. The van der Waals surface area contributed by atoms with Gasteiger partial charge in [-0.3, -0.25) is 9.20 Å². The number of carbonyl (C=O) groups is 1. The average molecular weight is 420 g/mol. The topological polar surface area (TPSA) is 56.5 Å². The van der Waals surface area contributed by atoms with Gasteiger partial charge >= 0.3 is 5.97 Å². The molecule has 5 nitrogen and oxygen atoms in total. The minimum Gasteiger partial charge on any atom is -0.466 e. The van der Waals surface area contributed by atoms with Gasteiger partial charge in [0.05, 0.1) is 12.1 Å². The number of fused-ring (bicyclic) bond motifs is 3. The third-order valence-corrected chi connectivity index (χ3v) is 6.13. The van der Waals surface area contributed by atoms with Gasteiger partial charge in [-0.1, -0.05) is 42.8 Å². The SMILES string of the molecule is CCOC(=O)CCCCCSc1ccc2c(-c3ccccc3)cc3nncn3c2c1. The molecular formula is C24H25N3O2S. The number of aromatic nitrogens is 3. The monoisotopic (exact) mass is 419 g/mol. The van der Waals surface area contributed by atoms with Crippen LogP contribution in [-0.2, 0) is 9.53 Å². The Bertz CT molecular complexity index is 1140. The van der Waals surface area contributed by atoms with Gasteiger partial charge in [0.15, 0.2) is 5.65 Å². The van der Waals surface area contributed by atoms with E-state index < -0.39 is 0 Å². The zero-order valence-corrected chi connectivity index (χ0v) is 17.9. The number of nitrogens with zero attached hydrogens (tertiary/aromatic N) is 3. The largest absolute Gasteiger partial charge is 0.466 e. The van der Waals surface area contributed by atoms with Crippen LogP contribution in [0.15, 0.2) is 65.8 Å². The van der Waals surface area contributed by atoms with E-state index in [0.29, 0.717) is 13.0 Å². The molecule has 4 aromatic rings. The second kappa shape index (κ2) is 9.76. The average Bonchev–Trinajstić information content (AvgIpc) is 3.25. The molecule has 2 aromatic heterocycles. The second-order valence-electron chi connectivity index (χ2n) is 7.13. The fraction of sp³-hybridized carbons (Fsp3) is 0.292. The Morgan fingerprint density at radius 1 is 1.07 bits per heavy atom. The van der Waals surface area contributed by atoms with Crippen LogP contribution in [0.5, 0.6) is 0 Å². The highest BCUT2D eigenvalue weighted by atomic mass is 32.2. The van der Waals surface area contributed by atoms with Crippen molar-refractivity contribution >= 4 is 34.3 Å². The predicted octanol–water partition coefficient (Wildman–Crippen LogP) is 5.77. The Hall–Kier alpha value is -2.86. The number of rotatable bonds is 9. The van der Waals surface area contributed by atoms with E-state index in [-0.39, 0.29) is 5.97 Å². The molecule has 0 atom stereocenters. The number of benzene rings is 2. The van der Waals surface area contributed by atoms with Crippen molar-refractivity contribution in [3.8, 4) is 11.1 Å². The van der Waals surface area contributed by atoms with Gasteiger partial charge < -0.3 is 4.74 Å². The van der Waals surface area contributed by atoms with Gasteiger partial charge in [0.2, 0.25) is 0 Å². The van der Waals surface area contributed by atoms with Crippen LogP contribution in [0.25, 0.3) is 27.7 Å². The lowest BCUT2D eigenvalue weighted by Crippen LogP contribution is -2.03. The summed E-state index contributed by atoms with van der Waals surface area (Å²) in [5.41, 5.74) is 4.31. The zero-order valence-electron chi connectivity index (χ0n) is 17.1. The first-order chi connectivity index (χ1) is 14.8. The van der Waals surface area contributed by atoms with E-state index in [2.05, 4.69) is 58.7 Å². The summed E-state index contributed by atoms with van der Waals surface area (Å²) >= 11 is 1.85. The fourth-order valence-electron chi connectivity index (χ4n) is 3.59. The first-order valence-electron chi connectivity index (χ1n) is 10.4. The van der Waals surface area contributed by atoms with Crippen LogP contribution in [-0.4, -0.2) is 32.9 Å². The Morgan fingerprint density at radius 3 is 2.77 bits per heavy atom. The summed E-state index contributed by atoms with van der Waals surface area (Å²) in [6, 6.07) is 19.1.